The monoisotopic (exact) mass is 343 g/mol. The quantitative estimate of drug-likeness (QED) is 0.778. The maximum Gasteiger partial charge on any atom is 0.253 e. The predicted molar refractivity (Wildman–Crippen MR) is 105 cm³/mol. The fourth-order valence-electron chi connectivity index (χ4n) is 3.34. The zero-order chi connectivity index (χ0) is 18.4. The molecule has 2 aliphatic rings. The maximum atomic E-state index is 13.0. The number of allylic oxidation sites excluding steroid dienone is 5. The van der Waals surface area contributed by atoms with Gasteiger partial charge in [-0.2, -0.15) is 0 Å². The smallest absolute Gasteiger partial charge is 0.253 e. The molecule has 0 aromatic rings. The molecule has 4 heteroatoms. The Labute approximate surface area is 152 Å². The summed E-state index contributed by atoms with van der Waals surface area (Å²) >= 11 is 0. The SMILES string of the molecule is C/C=C(\C)CC1=CC(C(=O)N2CCN(C(C)C)CC2)=CCC=C1NC. The van der Waals surface area contributed by atoms with Gasteiger partial charge in [-0.1, -0.05) is 23.8 Å². The number of hydrogen-bond acceptors (Lipinski definition) is 3. The van der Waals surface area contributed by atoms with Crippen LogP contribution in [0, 0.1) is 0 Å². The molecule has 0 spiro atoms. The predicted octanol–water partition coefficient (Wildman–Crippen LogP) is 3.26. The van der Waals surface area contributed by atoms with Gasteiger partial charge in [0.25, 0.3) is 5.91 Å². The first kappa shape index (κ1) is 19.5. The molecule has 4 nitrogen and oxygen atoms in total. The summed E-state index contributed by atoms with van der Waals surface area (Å²) in [7, 11) is 1.95. The van der Waals surface area contributed by atoms with Crippen molar-refractivity contribution in [2.24, 2.45) is 0 Å². The Kier molecular flexibility index (Phi) is 7.06. The number of nitrogens with zero attached hydrogens (tertiary/aromatic N) is 2. The molecule has 1 N–H and O–H groups in total. The number of carbonyl (C=O) groups is 1. The second-order valence-electron chi connectivity index (χ2n) is 7.17. The van der Waals surface area contributed by atoms with Crippen LogP contribution in [0.1, 0.15) is 40.5 Å². The molecule has 1 saturated heterocycles. The van der Waals surface area contributed by atoms with Gasteiger partial charge in [0.2, 0.25) is 0 Å². The highest BCUT2D eigenvalue weighted by atomic mass is 16.2. The summed E-state index contributed by atoms with van der Waals surface area (Å²) in [5.74, 6) is 0.171. The normalized spacial score (nSPS) is 20.0. The van der Waals surface area contributed by atoms with E-state index in [4.69, 9.17) is 0 Å². The first-order valence-electron chi connectivity index (χ1n) is 9.40. The van der Waals surface area contributed by atoms with Crippen LogP contribution in [-0.4, -0.2) is 55.0 Å². The van der Waals surface area contributed by atoms with Crippen molar-refractivity contribution in [3.63, 3.8) is 0 Å². The largest absolute Gasteiger partial charge is 0.388 e. The maximum absolute atomic E-state index is 13.0. The van der Waals surface area contributed by atoms with Crippen molar-refractivity contribution < 1.29 is 4.79 Å². The second-order valence-corrected chi connectivity index (χ2v) is 7.17. The molecule has 1 fully saturated rings. The number of piperazine rings is 1. The van der Waals surface area contributed by atoms with Crippen molar-refractivity contribution in [1.29, 1.82) is 0 Å². The summed E-state index contributed by atoms with van der Waals surface area (Å²) < 4.78 is 0. The van der Waals surface area contributed by atoms with Crippen molar-refractivity contribution in [1.82, 2.24) is 15.1 Å². The van der Waals surface area contributed by atoms with E-state index in [-0.39, 0.29) is 5.91 Å². The molecule has 25 heavy (non-hydrogen) atoms. The fourth-order valence-corrected chi connectivity index (χ4v) is 3.34. The molecule has 0 atom stereocenters. The molecule has 0 radical (unpaired) electrons. The van der Waals surface area contributed by atoms with Crippen LogP contribution in [0.3, 0.4) is 0 Å². The van der Waals surface area contributed by atoms with Gasteiger partial charge in [-0.15, -0.1) is 0 Å². The molecular weight excluding hydrogens is 310 g/mol. The summed E-state index contributed by atoms with van der Waals surface area (Å²) in [6.45, 7) is 12.2. The van der Waals surface area contributed by atoms with Crippen LogP contribution in [0.25, 0.3) is 0 Å². The molecule has 1 aliphatic heterocycles. The van der Waals surface area contributed by atoms with E-state index in [0.717, 1.165) is 50.3 Å². The first-order valence-corrected chi connectivity index (χ1v) is 9.40. The van der Waals surface area contributed by atoms with Gasteiger partial charge in [-0.05, 0) is 52.2 Å². The van der Waals surface area contributed by atoms with E-state index in [2.05, 4.69) is 62.2 Å². The van der Waals surface area contributed by atoms with Gasteiger partial charge in [0.1, 0.15) is 0 Å². The molecule has 1 aliphatic carbocycles. The zero-order valence-electron chi connectivity index (χ0n) is 16.4. The summed E-state index contributed by atoms with van der Waals surface area (Å²) in [4.78, 5) is 17.5. The van der Waals surface area contributed by atoms with E-state index in [0.29, 0.717) is 6.04 Å². The minimum absolute atomic E-state index is 0.171. The average molecular weight is 344 g/mol. The molecule has 0 unspecified atom stereocenters. The molecule has 0 aromatic heterocycles. The van der Waals surface area contributed by atoms with Crippen molar-refractivity contribution >= 4 is 5.91 Å². The lowest BCUT2D eigenvalue weighted by atomic mass is 10.0. The lowest BCUT2D eigenvalue weighted by Crippen LogP contribution is -2.50. The van der Waals surface area contributed by atoms with Gasteiger partial charge in [-0.3, -0.25) is 9.69 Å². The van der Waals surface area contributed by atoms with Gasteiger partial charge in [0.05, 0.1) is 0 Å². The molecular formula is C21H33N3O. The van der Waals surface area contributed by atoms with Crippen molar-refractivity contribution in [2.45, 2.75) is 46.6 Å². The van der Waals surface area contributed by atoms with Gasteiger partial charge < -0.3 is 10.2 Å². The Morgan fingerprint density at radius 2 is 1.92 bits per heavy atom. The van der Waals surface area contributed by atoms with Gasteiger partial charge in [0, 0.05) is 50.5 Å². The molecule has 0 bridgehead atoms. The van der Waals surface area contributed by atoms with Crippen molar-refractivity contribution in [3.05, 3.63) is 46.7 Å². The van der Waals surface area contributed by atoms with E-state index >= 15 is 0 Å². The third-order valence-electron chi connectivity index (χ3n) is 5.15. The Morgan fingerprint density at radius 3 is 2.48 bits per heavy atom. The Morgan fingerprint density at radius 1 is 1.24 bits per heavy atom. The molecule has 2 rings (SSSR count). The third-order valence-corrected chi connectivity index (χ3v) is 5.15. The van der Waals surface area contributed by atoms with Gasteiger partial charge >= 0.3 is 0 Å². The lowest BCUT2D eigenvalue weighted by molar-refractivity contribution is -0.128. The average Bonchev–Trinajstić information content (AvgIpc) is 2.83. The number of rotatable bonds is 5. The summed E-state index contributed by atoms with van der Waals surface area (Å²) in [6.07, 6.45) is 10.1. The number of amides is 1. The Balaban J connectivity index is 2.13. The molecule has 0 saturated carbocycles. The number of carbonyl (C=O) groups excluding carboxylic acids is 1. The lowest BCUT2D eigenvalue weighted by Gasteiger charge is -2.37. The van der Waals surface area contributed by atoms with Gasteiger partial charge in [-0.25, -0.2) is 0 Å². The van der Waals surface area contributed by atoms with E-state index in [1.54, 1.807) is 0 Å². The molecule has 138 valence electrons. The van der Waals surface area contributed by atoms with E-state index in [1.807, 2.05) is 11.9 Å². The van der Waals surface area contributed by atoms with Crippen LogP contribution in [-0.2, 0) is 4.79 Å². The summed E-state index contributed by atoms with van der Waals surface area (Å²) in [6, 6.07) is 0.548. The minimum atomic E-state index is 0.171. The van der Waals surface area contributed by atoms with Crippen LogP contribution < -0.4 is 5.32 Å². The Hall–Kier alpha value is -1.81. The Bertz CT molecular complexity index is 603. The van der Waals surface area contributed by atoms with Crippen molar-refractivity contribution in [2.75, 3.05) is 33.2 Å². The summed E-state index contributed by atoms with van der Waals surface area (Å²) in [5.41, 5.74) is 4.46. The highest BCUT2D eigenvalue weighted by Crippen LogP contribution is 2.24. The number of likely N-dealkylation sites (N-methyl/N-ethyl adjacent to an activating group) is 1. The fraction of sp³-hybridized carbons (Fsp3) is 0.571. The zero-order valence-corrected chi connectivity index (χ0v) is 16.4. The van der Waals surface area contributed by atoms with Gasteiger partial charge in [0.15, 0.2) is 0 Å². The van der Waals surface area contributed by atoms with E-state index in [9.17, 15) is 4.79 Å². The number of nitrogens with one attached hydrogen (secondary N) is 1. The van der Waals surface area contributed by atoms with Crippen LogP contribution >= 0.6 is 0 Å². The molecule has 1 heterocycles. The van der Waals surface area contributed by atoms with Crippen LogP contribution in [0.2, 0.25) is 0 Å². The topological polar surface area (TPSA) is 35.6 Å². The van der Waals surface area contributed by atoms with Crippen LogP contribution in [0.5, 0.6) is 0 Å². The first-order chi connectivity index (χ1) is 12.0. The molecule has 1 amide bonds. The van der Waals surface area contributed by atoms with Crippen LogP contribution in [0.15, 0.2) is 46.7 Å². The second kappa shape index (κ2) is 9.04. The van der Waals surface area contributed by atoms with E-state index in [1.165, 1.54) is 11.1 Å². The third kappa shape index (κ3) is 5.08. The highest BCUT2D eigenvalue weighted by molar-refractivity contribution is 5.96. The van der Waals surface area contributed by atoms with Crippen LogP contribution in [0.4, 0.5) is 0 Å². The van der Waals surface area contributed by atoms with E-state index < -0.39 is 0 Å². The summed E-state index contributed by atoms with van der Waals surface area (Å²) in [5, 5.41) is 3.28. The minimum Gasteiger partial charge on any atom is -0.388 e. The van der Waals surface area contributed by atoms with Crippen molar-refractivity contribution in [3.8, 4) is 0 Å². The molecule has 0 aromatic carbocycles. The standard InChI is InChI=1S/C21H33N3O/c1-6-17(4)14-19-15-18(8-7-9-20(19)22-5)21(25)24-12-10-23(11-13-24)16(2)3/h6,8-9,15-16,22H,7,10-14H2,1-5H3/b17-6+. The highest BCUT2D eigenvalue weighted by Gasteiger charge is 2.24. The number of hydrogen-bond donors (Lipinski definition) is 1.